The minimum Gasteiger partial charge on any atom is -0.394 e. The van der Waals surface area contributed by atoms with E-state index in [0.29, 0.717) is 12.6 Å². The van der Waals surface area contributed by atoms with Gasteiger partial charge in [-0.2, -0.15) is 0 Å². The van der Waals surface area contributed by atoms with Gasteiger partial charge in [0.05, 0.1) is 24.9 Å². The van der Waals surface area contributed by atoms with Crippen molar-refractivity contribution in [3.05, 3.63) is 0 Å². The van der Waals surface area contributed by atoms with Gasteiger partial charge in [0, 0.05) is 6.04 Å². The summed E-state index contributed by atoms with van der Waals surface area (Å²) >= 11 is 0. The van der Waals surface area contributed by atoms with Gasteiger partial charge >= 0.3 is 0 Å². The maximum absolute atomic E-state index is 9.33. The number of aliphatic hydroxyl groups is 1. The van der Waals surface area contributed by atoms with Crippen molar-refractivity contribution in [3.63, 3.8) is 0 Å². The van der Waals surface area contributed by atoms with E-state index in [1.165, 1.54) is 0 Å². The van der Waals surface area contributed by atoms with Crippen LogP contribution in [0.15, 0.2) is 0 Å². The third-order valence-corrected chi connectivity index (χ3v) is 2.37. The van der Waals surface area contributed by atoms with Crippen LogP contribution in [0.2, 0.25) is 0 Å². The van der Waals surface area contributed by atoms with Gasteiger partial charge in [0.15, 0.2) is 0 Å². The van der Waals surface area contributed by atoms with Gasteiger partial charge in [-0.3, -0.25) is 0 Å². The molecule has 0 rings (SSSR count). The van der Waals surface area contributed by atoms with E-state index in [2.05, 4.69) is 33.0 Å². The Hall–Kier alpha value is -0.120. The summed E-state index contributed by atoms with van der Waals surface area (Å²) < 4.78 is 5.72. The van der Waals surface area contributed by atoms with Gasteiger partial charge in [-0.1, -0.05) is 27.2 Å². The number of rotatable bonds is 8. The lowest BCUT2D eigenvalue weighted by atomic mass is 10.0. The zero-order chi connectivity index (χ0) is 11.9. The Morgan fingerprint density at radius 3 is 2.33 bits per heavy atom. The molecule has 0 radical (unpaired) electrons. The van der Waals surface area contributed by atoms with E-state index in [4.69, 9.17) is 4.74 Å². The highest BCUT2D eigenvalue weighted by Crippen LogP contribution is 2.09. The number of ether oxygens (including phenoxy) is 1. The molecule has 0 spiro atoms. The number of aliphatic hydroxyl groups excluding tert-OH is 1. The van der Waals surface area contributed by atoms with Crippen molar-refractivity contribution < 1.29 is 9.84 Å². The van der Waals surface area contributed by atoms with Gasteiger partial charge in [-0.15, -0.1) is 0 Å². The summed E-state index contributed by atoms with van der Waals surface area (Å²) in [6, 6.07) is 0.354. The summed E-state index contributed by atoms with van der Waals surface area (Å²) in [6.07, 6.45) is 2.48. The van der Waals surface area contributed by atoms with Crippen LogP contribution in [0.25, 0.3) is 0 Å². The van der Waals surface area contributed by atoms with Crippen LogP contribution in [0.3, 0.4) is 0 Å². The molecule has 0 bridgehead atoms. The fraction of sp³-hybridized carbons (Fsp3) is 1.00. The zero-order valence-electron chi connectivity index (χ0n) is 10.8. The highest BCUT2D eigenvalue weighted by atomic mass is 16.5. The Kier molecular flexibility index (Phi) is 7.14. The van der Waals surface area contributed by atoms with E-state index in [-0.39, 0.29) is 18.2 Å². The Morgan fingerprint density at radius 1 is 1.33 bits per heavy atom. The van der Waals surface area contributed by atoms with Crippen molar-refractivity contribution >= 4 is 0 Å². The number of hydrogen-bond acceptors (Lipinski definition) is 3. The molecule has 3 nitrogen and oxygen atoms in total. The predicted octanol–water partition coefficient (Wildman–Crippen LogP) is 1.94. The summed E-state index contributed by atoms with van der Waals surface area (Å²) in [7, 11) is 0. The molecule has 0 saturated carbocycles. The quantitative estimate of drug-likeness (QED) is 0.653. The summed E-state index contributed by atoms with van der Waals surface area (Å²) in [6.45, 7) is 11.0. The molecule has 2 atom stereocenters. The Labute approximate surface area is 94.2 Å². The summed E-state index contributed by atoms with van der Waals surface area (Å²) in [5, 5.41) is 12.7. The second kappa shape index (κ2) is 7.20. The highest BCUT2D eigenvalue weighted by Gasteiger charge is 2.24. The van der Waals surface area contributed by atoms with Crippen molar-refractivity contribution in [3.8, 4) is 0 Å². The van der Waals surface area contributed by atoms with Crippen molar-refractivity contribution in [2.75, 3.05) is 13.2 Å². The normalized spacial score (nSPS) is 17.8. The fourth-order valence-electron chi connectivity index (χ4n) is 1.65. The van der Waals surface area contributed by atoms with Crippen LogP contribution < -0.4 is 5.32 Å². The second-order valence-corrected chi connectivity index (χ2v) is 4.93. The Balaban J connectivity index is 3.97. The molecule has 0 aliphatic rings. The summed E-state index contributed by atoms with van der Waals surface area (Å²) in [5.41, 5.74) is -0.323. The molecule has 0 aromatic rings. The van der Waals surface area contributed by atoms with E-state index in [1.807, 2.05) is 6.92 Å². The molecular formula is C12H27NO2. The van der Waals surface area contributed by atoms with Crippen molar-refractivity contribution in [1.29, 1.82) is 0 Å². The molecular weight excluding hydrogens is 190 g/mol. The predicted molar refractivity (Wildman–Crippen MR) is 64.1 cm³/mol. The van der Waals surface area contributed by atoms with Crippen molar-refractivity contribution in [2.45, 2.75) is 65.1 Å². The summed E-state index contributed by atoms with van der Waals surface area (Å²) in [5.74, 6) is 0. The van der Waals surface area contributed by atoms with Gasteiger partial charge in [0.2, 0.25) is 0 Å². The molecule has 0 aliphatic heterocycles. The Bertz CT molecular complexity index is 162. The molecule has 0 aliphatic carbocycles. The molecule has 2 unspecified atom stereocenters. The van der Waals surface area contributed by atoms with Crippen LogP contribution >= 0.6 is 0 Å². The Morgan fingerprint density at radius 2 is 1.93 bits per heavy atom. The van der Waals surface area contributed by atoms with Gasteiger partial charge in [-0.05, 0) is 20.3 Å². The van der Waals surface area contributed by atoms with Crippen LogP contribution in [-0.2, 0) is 4.74 Å². The third-order valence-electron chi connectivity index (χ3n) is 2.37. The minimum atomic E-state index is -0.323. The van der Waals surface area contributed by atoms with E-state index < -0.39 is 0 Å². The molecule has 0 aromatic carbocycles. The van der Waals surface area contributed by atoms with E-state index in [1.54, 1.807) is 0 Å². The first kappa shape index (κ1) is 14.9. The molecule has 0 saturated heterocycles. The number of hydrogen-bond donors (Lipinski definition) is 2. The molecule has 92 valence electrons. The summed E-state index contributed by atoms with van der Waals surface area (Å²) in [4.78, 5) is 0. The average molecular weight is 217 g/mol. The number of nitrogens with one attached hydrogen (secondary N) is 1. The monoisotopic (exact) mass is 217 g/mol. The minimum absolute atomic E-state index is 0.101. The average Bonchev–Trinajstić information content (AvgIpc) is 2.14. The first-order valence-electron chi connectivity index (χ1n) is 5.93. The topological polar surface area (TPSA) is 41.5 Å². The van der Waals surface area contributed by atoms with Gasteiger partial charge in [0.1, 0.15) is 0 Å². The van der Waals surface area contributed by atoms with Crippen LogP contribution in [0.5, 0.6) is 0 Å². The molecule has 0 aromatic heterocycles. The van der Waals surface area contributed by atoms with Gasteiger partial charge < -0.3 is 15.2 Å². The van der Waals surface area contributed by atoms with Gasteiger partial charge in [-0.25, -0.2) is 0 Å². The molecule has 0 heterocycles. The van der Waals surface area contributed by atoms with Gasteiger partial charge in [0.25, 0.3) is 0 Å². The lowest BCUT2D eigenvalue weighted by molar-refractivity contribution is -0.00189. The van der Waals surface area contributed by atoms with Crippen LogP contribution in [0.1, 0.15) is 47.5 Å². The third kappa shape index (κ3) is 6.88. The molecule has 2 N–H and O–H groups in total. The maximum atomic E-state index is 9.33. The molecule has 3 heteroatoms. The lowest BCUT2D eigenvalue weighted by Crippen LogP contribution is -2.52. The van der Waals surface area contributed by atoms with Crippen molar-refractivity contribution in [2.24, 2.45) is 0 Å². The first-order chi connectivity index (χ1) is 6.93. The zero-order valence-corrected chi connectivity index (χ0v) is 10.8. The molecule has 15 heavy (non-hydrogen) atoms. The van der Waals surface area contributed by atoms with Crippen LogP contribution in [0, 0.1) is 0 Å². The van der Waals surface area contributed by atoms with Crippen molar-refractivity contribution in [1.82, 2.24) is 5.32 Å². The second-order valence-electron chi connectivity index (χ2n) is 4.93. The van der Waals surface area contributed by atoms with E-state index >= 15 is 0 Å². The highest BCUT2D eigenvalue weighted by molar-refractivity contribution is 4.83. The maximum Gasteiger partial charge on any atom is 0.0671 e. The SMILES string of the molecule is CCCC(C)OCC(C)(CO)NC(C)C. The smallest absolute Gasteiger partial charge is 0.0671 e. The van der Waals surface area contributed by atoms with E-state index in [9.17, 15) is 5.11 Å². The largest absolute Gasteiger partial charge is 0.394 e. The fourth-order valence-corrected chi connectivity index (χ4v) is 1.65. The van der Waals surface area contributed by atoms with Crippen LogP contribution in [-0.4, -0.2) is 36.0 Å². The first-order valence-corrected chi connectivity index (χ1v) is 5.93. The van der Waals surface area contributed by atoms with E-state index in [0.717, 1.165) is 12.8 Å². The molecule has 0 fully saturated rings. The molecule has 0 amide bonds. The standard InChI is InChI=1S/C12H27NO2/c1-6-7-11(4)15-9-12(5,8-14)13-10(2)3/h10-11,13-14H,6-9H2,1-5H3. The lowest BCUT2D eigenvalue weighted by Gasteiger charge is -2.32. The van der Waals surface area contributed by atoms with Crippen LogP contribution in [0.4, 0.5) is 0 Å².